The summed E-state index contributed by atoms with van der Waals surface area (Å²) in [4.78, 5) is 6.12. The molecule has 1 aliphatic heterocycles. The average Bonchev–Trinajstić information content (AvgIpc) is 3.26. The number of aromatic amines is 1. The third-order valence-electron chi connectivity index (χ3n) is 5.54. The minimum atomic E-state index is 0.857. The summed E-state index contributed by atoms with van der Waals surface area (Å²) < 4.78 is 11.3. The molecule has 2 aromatic heterocycles. The lowest BCUT2D eigenvalue weighted by atomic mass is 10.1. The van der Waals surface area contributed by atoms with Gasteiger partial charge in [-0.1, -0.05) is 40.2 Å². The third-order valence-corrected chi connectivity index (χ3v) is 6.06. The topological polar surface area (TPSA) is 37.3 Å². The van der Waals surface area contributed by atoms with E-state index >= 15 is 0 Å². The highest BCUT2D eigenvalue weighted by Crippen LogP contribution is 2.24. The molecule has 5 nitrogen and oxygen atoms in total. The number of benzene rings is 2. The summed E-state index contributed by atoms with van der Waals surface area (Å²) in [6.07, 6.45) is 3.37. The van der Waals surface area contributed by atoms with Crippen molar-refractivity contribution in [3.05, 3.63) is 59.2 Å². The van der Waals surface area contributed by atoms with Crippen molar-refractivity contribution in [3.8, 4) is 11.3 Å². The van der Waals surface area contributed by atoms with Gasteiger partial charge in [-0.05, 0) is 30.7 Å². The fourth-order valence-electron chi connectivity index (χ4n) is 4.07. The number of hydrogen-bond acceptors (Lipinski definition) is 2. The lowest BCUT2D eigenvalue weighted by Gasteiger charge is -2.26. The molecule has 2 aromatic carbocycles. The minimum absolute atomic E-state index is 0.857. The smallest absolute Gasteiger partial charge is 0.368 e. The lowest BCUT2D eigenvalue weighted by molar-refractivity contribution is -0.479. The summed E-state index contributed by atoms with van der Waals surface area (Å²) in [6, 6.07) is 17.1. The molecule has 4 aromatic rings. The number of halogens is 1. The Bertz CT molecular complexity index is 1090. The first-order chi connectivity index (χ1) is 13.8. The Hall–Kier alpha value is -2.15. The van der Waals surface area contributed by atoms with Gasteiger partial charge in [0.1, 0.15) is 22.9 Å². The zero-order valence-electron chi connectivity index (χ0n) is 15.8. The Balaban J connectivity index is 1.51. The van der Waals surface area contributed by atoms with Crippen molar-refractivity contribution in [1.82, 2.24) is 14.5 Å². The molecule has 3 heterocycles. The molecule has 5 rings (SSSR count). The van der Waals surface area contributed by atoms with E-state index < -0.39 is 0 Å². The van der Waals surface area contributed by atoms with Crippen molar-refractivity contribution >= 4 is 32.7 Å². The van der Waals surface area contributed by atoms with Crippen LogP contribution in [0.15, 0.2) is 59.2 Å². The lowest BCUT2D eigenvalue weighted by Crippen LogP contribution is -2.37. The van der Waals surface area contributed by atoms with E-state index in [1.54, 1.807) is 0 Å². The number of morpholine rings is 1. The maximum absolute atomic E-state index is 5.47. The number of para-hydroxylation sites is 2. The summed E-state index contributed by atoms with van der Waals surface area (Å²) >= 11 is 3.55. The second-order valence-electron chi connectivity index (χ2n) is 7.32. The van der Waals surface area contributed by atoms with Crippen molar-refractivity contribution in [2.75, 3.05) is 32.8 Å². The molecule has 0 amide bonds. The van der Waals surface area contributed by atoms with Crippen LogP contribution >= 0.6 is 15.9 Å². The van der Waals surface area contributed by atoms with E-state index in [1.807, 2.05) is 0 Å². The number of ether oxygens (including phenoxy) is 1. The fraction of sp³-hybridized carbons (Fsp3) is 0.318. The Labute approximate surface area is 172 Å². The van der Waals surface area contributed by atoms with Gasteiger partial charge in [-0.2, -0.15) is 4.40 Å². The summed E-state index contributed by atoms with van der Waals surface area (Å²) in [7, 11) is 0. The SMILES string of the molecule is Brc1ccc(-c2c[n+]3c4ccccc4[nH]c3n2CCCN2CCOCC2)cc1. The van der Waals surface area contributed by atoms with Crippen LogP contribution in [-0.4, -0.2) is 47.3 Å². The number of aryl methyl sites for hydroxylation is 1. The number of aromatic nitrogens is 3. The maximum atomic E-state index is 5.47. The van der Waals surface area contributed by atoms with Crippen LogP contribution in [0.5, 0.6) is 0 Å². The number of imidazole rings is 2. The fourth-order valence-corrected chi connectivity index (χ4v) is 4.34. The molecule has 0 atom stereocenters. The van der Waals surface area contributed by atoms with E-state index in [-0.39, 0.29) is 0 Å². The van der Waals surface area contributed by atoms with Gasteiger partial charge in [-0.3, -0.25) is 4.90 Å². The molecular formula is C22H24BrN4O+. The first kappa shape index (κ1) is 17.9. The van der Waals surface area contributed by atoms with E-state index in [1.165, 1.54) is 22.3 Å². The van der Waals surface area contributed by atoms with Crippen molar-refractivity contribution in [1.29, 1.82) is 0 Å². The third kappa shape index (κ3) is 3.36. The molecule has 1 aliphatic rings. The highest BCUT2D eigenvalue weighted by Gasteiger charge is 2.22. The second kappa shape index (κ2) is 7.70. The van der Waals surface area contributed by atoms with Gasteiger partial charge in [0, 0.05) is 29.7 Å². The maximum Gasteiger partial charge on any atom is 0.368 e. The normalized spacial score (nSPS) is 15.6. The van der Waals surface area contributed by atoms with Crippen LogP contribution in [0.25, 0.3) is 28.1 Å². The van der Waals surface area contributed by atoms with Crippen LogP contribution in [0.4, 0.5) is 0 Å². The molecule has 144 valence electrons. The van der Waals surface area contributed by atoms with Crippen LogP contribution in [-0.2, 0) is 11.3 Å². The second-order valence-corrected chi connectivity index (χ2v) is 8.23. The Morgan fingerprint density at radius 1 is 1.00 bits per heavy atom. The number of nitrogens with one attached hydrogen (secondary N) is 1. The van der Waals surface area contributed by atoms with E-state index in [0.717, 1.165) is 56.1 Å². The molecule has 0 unspecified atom stereocenters. The highest BCUT2D eigenvalue weighted by atomic mass is 79.9. The monoisotopic (exact) mass is 439 g/mol. The summed E-state index contributed by atoms with van der Waals surface area (Å²) in [6.45, 7) is 5.88. The van der Waals surface area contributed by atoms with Crippen LogP contribution in [0.2, 0.25) is 0 Å². The number of rotatable bonds is 5. The molecule has 0 saturated carbocycles. The summed E-state index contributed by atoms with van der Waals surface area (Å²) in [5, 5.41) is 0. The van der Waals surface area contributed by atoms with Gasteiger partial charge in [0.05, 0.1) is 19.8 Å². The van der Waals surface area contributed by atoms with Crippen molar-refractivity contribution in [2.24, 2.45) is 0 Å². The van der Waals surface area contributed by atoms with E-state index in [9.17, 15) is 0 Å². The molecule has 1 N–H and O–H groups in total. The molecule has 1 saturated heterocycles. The number of H-pyrrole nitrogens is 1. The first-order valence-electron chi connectivity index (χ1n) is 9.87. The summed E-state index contributed by atoms with van der Waals surface area (Å²) in [5.41, 5.74) is 4.85. The van der Waals surface area contributed by atoms with E-state index in [0.29, 0.717) is 0 Å². The van der Waals surface area contributed by atoms with E-state index in [2.05, 4.69) is 89.5 Å². The molecule has 0 aliphatic carbocycles. The Morgan fingerprint density at radius 2 is 1.79 bits per heavy atom. The molecule has 28 heavy (non-hydrogen) atoms. The molecule has 0 radical (unpaired) electrons. The molecule has 1 fully saturated rings. The first-order valence-corrected chi connectivity index (χ1v) is 10.7. The van der Waals surface area contributed by atoms with Gasteiger partial charge >= 0.3 is 5.78 Å². The van der Waals surface area contributed by atoms with Crippen molar-refractivity contribution in [3.63, 3.8) is 0 Å². The van der Waals surface area contributed by atoms with Gasteiger partial charge in [-0.25, -0.2) is 9.55 Å². The van der Waals surface area contributed by atoms with E-state index in [4.69, 9.17) is 4.74 Å². The zero-order chi connectivity index (χ0) is 18.9. The number of nitrogens with zero attached hydrogens (tertiary/aromatic N) is 3. The number of fused-ring (bicyclic) bond motifs is 3. The van der Waals surface area contributed by atoms with Gasteiger partial charge in [0.2, 0.25) is 0 Å². The highest BCUT2D eigenvalue weighted by molar-refractivity contribution is 9.10. The van der Waals surface area contributed by atoms with Crippen LogP contribution in [0.3, 0.4) is 0 Å². The molecular weight excluding hydrogens is 416 g/mol. The number of hydrogen-bond donors (Lipinski definition) is 1. The van der Waals surface area contributed by atoms with Crippen LogP contribution in [0.1, 0.15) is 6.42 Å². The standard InChI is InChI=1S/C22H23BrN4O/c23-18-8-6-17(7-9-18)21-16-27-20-5-2-1-4-19(20)24-22(27)26(21)11-3-10-25-12-14-28-15-13-25/h1-2,4-9,16H,3,10-15H2/p+1. The molecule has 0 spiro atoms. The largest absolute Gasteiger partial charge is 0.379 e. The Kier molecular flexibility index (Phi) is 4.93. The predicted molar refractivity (Wildman–Crippen MR) is 114 cm³/mol. The Morgan fingerprint density at radius 3 is 2.61 bits per heavy atom. The summed E-state index contributed by atoms with van der Waals surface area (Å²) in [5.74, 6) is 1.14. The van der Waals surface area contributed by atoms with Crippen LogP contribution in [0, 0.1) is 0 Å². The molecule has 0 bridgehead atoms. The van der Waals surface area contributed by atoms with Gasteiger partial charge in [0.25, 0.3) is 0 Å². The van der Waals surface area contributed by atoms with Gasteiger partial charge in [-0.15, -0.1) is 0 Å². The van der Waals surface area contributed by atoms with Gasteiger partial charge in [0.15, 0.2) is 0 Å². The predicted octanol–water partition coefficient (Wildman–Crippen LogP) is 3.86. The van der Waals surface area contributed by atoms with Crippen molar-refractivity contribution < 1.29 is 9.14 Å². The van der Waals surface area contributed by atoms with Gasteiger partial charge < -0.3 is 4.74 Å². The quantitative estimate of drug-likeness (QED) is 0.479. The molecule has 6 heteroatoms. The minimum Gasteiger partial charge on any atom is -0.379 e. The average molecular weight is 440 g/mol. The van der Waals surface area contributed by atoms with Crippen LogP contribution < -0.4 is 4.40 Å². The zero-order valence-corrected chi connectivity index (χ0v) is 17.4. The van der Waals surface area contributed by atoms with Crippen molar-refractivity contribution in [2.45, 2.75) is 13.0 Å².